The van der Waals surface area contributed by atoms with Crippen molar-refractivity contribution >= 4 is 23.6 Å². The van der Waals surface area contributed by atoms with Crippen molar-refractivity contribution < 1.29 is 9.18 Å². The van der Waals surface area contributed by atoms with E-state index in [0.717, 1.165) is 25.9 Å². The lowest BCUT2D eigenvalue weighted by molar-refractivity contribution is -0.121. The fraction of sp³-hybridized carbons (Fsp3) is 0.357. The van der Waals surface area contributed by atoms with Crippen LogP contribution in [0.15, 0.2) is 24.3 Å². The number of nitrogens with one attached hydrogen (secondary N) is 1. The molecule has 1 aromatic carbocycles. The fourth-order valence-corrected chi connectivity index (χ4v) is 2.18. The normalized spacial score (nSPS) is 16.7. The molecule has 0 aliphatic carbocycles. The first-order chi connectivity index (χ1) is 9.15. The van der Waals surface area contributed by atoms with Gasteiger partial charge in [0.15, 0.2) is 0 Å². The molecule has 1 amide bonds. The molecule has 1 saturated heterocycles. The van der Waals surface area contributed by atoms with E-state index in [-0.39, 0.29) is 10.9 Å². The summed E-state index contributed by atoms with van der Waals surface area (Å²) in [5.41, 5.74) is 3.51. The second-order valence-corrected chi connectivity index (χ2v) is 4.94. The second kappa shape index (κ2) is 6.68. The van der Waals surface area contributed by atoms with Gasteiger partial charge in [-0.25, -0.2) is 9.40 Å². The first-order valence-corrected chi connectivity index (χ1v) is 6.71. The minimum atomic E-state index is -0.461. The lowest BCUT2D eigenvalue weighted by atomic mass is 10.2. The molecule has 0 spiro atoms. The van der Waals surface area contributed by atoms with E-state index in [1.807, 2.05) is 5.01 Å². The Labute approximate surface area is 117 Å². The highest BCUT2D eigenvalue weighted by Crippen LogP contribution is 2.16. The molecule has 0 radical (unpaired) electrons. The van der Waals surface area contributed by atoms with E-state index in [4.69, 9.17) is 11.6 Å². The molecule has 1 N–H and O–H groups in total. The number of piperidine rings is 1. The van der Waals surface area contributed by atoms with Crippen LogP contribution in [0.3, 0.4) is 0 Å². The lowest BCUT2D eigenvalue weighted by Crippen LogP contribution is -2.44. The Kier molecular flexibility index (Phi) is 4.93. The van der Waals surface area contributed by atoms with Gasteiger partial charge in [0.2, 0.25) is 0 Å². The Morgan fingerprint density at radius 3 is 2.74 bits per heavy atom. The molecule has 0 atom stereocenters. The number of hydrazine groups is 1. The molecule has 0 saturated carbocycles. The maximum atomic E-state index is 13.0. The molecule has 0 unspecified atom stereocenters. The molecule has 1 aliphatic heterocycles. The molecular weight excluding hydrogens is 267 g/mol. The van der Waals surface area contributed by atoms with Crippen molar-refractivity contribution in [1.82, 2.24) is 10.4 Å². The molecule has 1 heterocycles. The fourth-order valence-electron chi connectivity index (χ4n) is 1.99. The van der Waals surface area contributed by atoms with E-state index < -0.39 is 5.82 Å². The number of hydrogen-bond acceptors (Lipinski definition) is 2. The largest absolute Gasteiger partial charge is 0.285 e. The number of rotatable bonds is 3. The molecule has 1 fully saturated rings. The van der Waals surface area contributed by atoms with Crippen molar-refractivity contribution in [3.63, 3.8) is 0 Å². The van der Waals surface area contributed by atoms with Crippen LogP contribution >= 0.6 is 11.6 Å². The summed E-state index contributed by atoms with van der Waals surface area (Å²) in [7, 11) is 0. The molecular formula is C14H16ClFN2O. The standard InChI is InChI=1S/C14H16ClFN2O/c15-12-10-11(4-6-13(12)16)5-7-14(19)17-18-8-2-1-3-9-18/h4-7,10H,1-3,8-9H2,(H,17,19)/b7-5+. The van der Waals surface area contributed by atoms with Crippen molar-refractivity contribution in [2.45, 2.75) is 19.3 Å². The molecule has 102 valence electrons. The van der Waals surface area contributed by atoms with Gasteiger partial charge in [0.1, 0.15) is 5.82 Å². The van der Waals surface area contributed by atoms with Crippen LogP contribution in [0.1, 0.15) is 24.8 Å². The third-order valence-electron chi connectivity index (χ3n) is 3.00. The van der Waals surface area contributed by atoms with Crippen LogP contribution in [0.5, 0.6) is 0 Å². The van der Waals surface area contributed by atoms with Gasteiger partial charge in [-0.15, -0.1) is 0 Å². The van der Waals surface area contributed by atoms with Gasteiger partial charge in [0.25, 0.3) is 5.91 Å². The number of halogens is 2. The number of amides is 1. The van der Waals surface area contributed by atoms with Gasteiger partial charge in [-0.1, -0.05) is 24.1 Å². The molecule has 0 bridgehead atoms. The molecule has 0 aromatic heterocycles. The number of hydrogen-bond donors (Lipinski definition) is 1. The summed E-state index contributed by atoms with van der Waals surface area (Å²) in [6, 6.07) is 4.35. The average Bonchev–Trinajstić information content (AvgIpc) is 2.41. The first-order valence-electron chi connectivity index (χ1n) is 6.34. The Hall–Kier alpha value is -1.39. The summed E-state index contributed by atoms with van der Waals surface area (Å²) >= 11 is 5.67. The predicted molar refractivity (Wildman–Crippen MR) is 74.0 cm³/mol. The van der Waals surface area contributed by atoms with Gasteiger partial charge in [-0.3, -0.25) is 10.2 Å². The monoisotopic (exact) mass is 282 g/mol. The van der Waals surface area contributed by atoms with Crippen LogP contribution in [0.4, 0.5) is 4.39 Å². The van der Waals surface area contributed by atoms with Crippen molar-refractivity contribution in [1.29, 1.82) is 0 Å². The zero-order valence-corrected chi connectivity index (χ0v) is 11.3. The third-order valence-corrected chi connectivity index (χ3v) is 3.28. The Morgan fingerprint density at radius 1 is 1.32 bits per heavy atom. The Balaban J connectivity index is 1.90. The molecule has 5 heteroatoms. The summed E-state index contributed by atoms with van der Waals surface area (Å²) in [4.78, 5) is 11.7. The van der Waals surface area contributed by atoms with Crippen LogP contribution in [-0.4, -0.2) is 24.0 Å². The van der Waals surface area contributed by atoms with Crippen molar-refractivity contribution in [3.05, 3.63) is 40.7 Å². The number of benzene rings is 1. The molecule has 1 aliphatic rings. The van der Waals surface area contributed by atoms with E-state index in [9.17, 15) is 9.18 Å². The quantitative estimate of drug-likeness (QED) is 0.865. The van der Waals surface area contributed by atoms with Gasteiger partial charge >= 0.3 is 0 Å². The SMILES string of the molecule is O=C(/C=C/c1ccc(F)c(Cl)c1)NN1CCCCC1. The van der Waals surface area contributed by atoms with E-state index in [2.05, 4.69) is 5.43 Å². The minimum Gasteiger partial charge on any atom is -0.285 e. The maximum Gasteiger partial charge on any atom is 0.258 e. The highest BCUT2D eigenvalue weighted by molar-refractivity contribution is 6.30. The first kappa shape index (κ1) is 14.0. The van der Waals surface area contributed by atoms with Gasteiger partial charge in [-0.2, -0.15) is 0 Å². The summed E-state index contributed by atoms with van der Waals surface area (Å²) in [6.07, 6.45) is 6.48. The van der Waals surface area contributed by atoms with Crippen LogP contribution in [0.25, 0.3) is 6.08 Å². The lowest BCUT2D eigenvalue weighted by Gasteiger charge is -2.26. The smallest absolute Gasteiger partial charge is 0.258 e. The van der Waals surface area contributed by atoms with Gasteiger partial charge in [0, 0.05) is 19.2 Å². The van der Waals surface area contributed by atoms with Crippen molar-refractivity contribution in [2.24, 2.45) is 0 Å². The van der Waals surface area contributed by atoms with Gasteiger partial charge < -0.3 is 0 Å². The third kappa shape index (κ3) is 4.33. The average molecular weight is 283 g/mol. The van der Waals surface area contributed by atoms with Crippen LogP contribution in [0, 0.1) is 5.82 Å². The van der Waals surface area contributed by atoms with Crippen LogP contribution < -0.4 is 5.43 Å². The summed E-state index contributed by atoms with van der Waals surface area (Å²) < 4.78 is 13.0. The van der Waals surface area contributed by atoms with Gasteiger partial charge in [0.05, 0.1) is 5.02 Å². The summed E-state index contributed by atoms with van der Waals surface area (Å²) in [6.45, 7) is 1.78. The predicted octanol–water partition coefficient (Wildman–Crippen LogP) is 3.01. The van der Waals surface area contributed by atoms with E-state index in [1.165, 1.54) is 24.6 Å². The zero-order chi connectivity index (χ0) is 13.7. The maximum absolute atomic E-state index is 13.0. The molecule has 3 nitrogen and oxygen atoms in total. The van der Waals surface area contributed by atoms with Crippen molar-refractivity contribution in [3.8, 4) is 0 Å². The van der Waals surface area contributed by atoms with E-state index in [1.54, 1.807) is 12.1 Å². The Morgan fingerprint density at radius 2 is 2.05 bits per heavy atom. The van der Waals surface area contributed by atoms with Crippen LogP contribution in [-0.2, 0) is 4.79 Å². The number of carbonyl (C=O) groups is 1. The molecule has 1 aromatic rings. The topological polar surface area (TPSA) is 32.3 Å². The minimum absolute atomic E-state index is 0.0542. The van der Waals surface area contributed by atoms with Crippen LogP contribution in [0.2, 0.25) is 5.02 Å². The number of carbonyl (C=O) groups excluding carboxylic acids is 1. The molecule has 2 rings (SSSR count). The van der Waals surface area contributed by atoms with Gasteiger partial charge in [-0.05, 0) is 36.6 Å². The van der Waals surface area contributed by atoms with Crippen molar-refractivity contribution in [2.75, 3.05) is 13.1 Å². The van der Waals surface area contributed by atoms with E-state index >= 15 is 0 Å². The highest BCUT2D eigenvalue weighted by Gasteiger charge is 2.10. The Bertz CT molecular complexity index is 484. The summed E-state index contributed by atoms with van der Waals surface area (Å²) in [5.74, 6) is -0.640. The zero-order valence-electron chi connectivity index (χ0n) is 10.5. The second-order valence-electron chi connectivity index (χ2n) is 4.53. The highest BCUT2D eigenvalue weighted by atomic mass is 35.5. The molecule has 19 heavy (non-hydrogen) atoms. The number of nitrogens with zero attached hydrogens (tertiary/aromatic N) is 1. The van der Waals surface area contributed by atoms with E-state index in [0.29, 0.717) is 5.56 Å². The summed E-state index contributed by atoms with van der Waals surface area (Å²) in [5, 5.41) is 1.98.